The quantitative estimate of drug-likeness (QED) is 0.258. The SMILES string of the molecule is COc1ccc(C(=O)c2ccc(OC(c3ccccc3)c3ccccc3)cc2)c(OC(C)(C)C(=O)O)c1. The van der Waals surface area contributed by atoms with Crippen LogP contribution in [-0.2, 0) is 4.79 Å². The van der Waals surface area contributed by atoms with Crippen molar-refractivity contribution >= 4 is 11.8 Å². The standard InChI is InChI=1S/C31H28O6/c1-31(2,30(33)34)37-27-20-25(35-3)18-19-26(27)28(32)21-14-16-24(17-15-21)36-29(22-10-6-4-7-11-22)23-12-8-5-9-13-23/h4-20,29H,1-3H3,(H,33,34). The third kappa shape index (κ3) is 5.98. The van der Waals surface area contributed by atoms with Crippen molar-refractivity contribution in [2.24, 2.45) is 0 Å². The van der Waals surface area contributed by atoms with Crippen molar-refractivity contribution in [3.05, 3.63) is 125 Å². The third-order valence-electron chi connectivity index (χ3n) is 5.89. The van der Waals surface area contributed by atoms with Gasteiger partial charge in [0.25, 0.3) is 0 Å². The molecule has 0 aromatic heterocycles. The van der Waals surface area contributed by atoms with E-state index >= 15 is 0 Å². The van der Waals surface area contributed by atoms with Crippen LogP contribution in [0.25, 0.3) is 0 Å². The summed E-state index contributed by atoms with van der Waals surface area (Å²) in [5, 5.41) is 9.49. The highest BCUT2D eigenvalue weighted by molar-refractivity contribution is 6.11. The molecule has 0 bridgehead atoms. The van der Waals surface area contributed by atoms with Crippen molar-refractivity contribution < 1.29 is 28.9 Å². The maximum Gasteiger partial charge on any atom is 0.347 e. The Morgan fingerprint density at radius 1 is 0.757 bits per heavy atom. The molecule has 0 radical (unpaired) electrons. The number of carbonyl (C=O) groups is 2. The first-order chi connectivity index (χ1) is 17.8. The Kier molecular flexibility index (Phi) is 7.58. The lowest BCUT2D eigenvalue weighted by atomic mass is 10.0. The number of methoxy groups -OCH3 is 1. The lowest BCUT2D eigenvalue weighted by Crippen LogP contribution is -2.38. The van der Waals surface area contributed by atoms with Crippen LogP contribution in [0, 0.1) is 0 Å². The highest BCUT2D eigenvalue weighted by Gasteiger charge is 2.31. The molecule has 188 valence electrons. The monoisotopic (exact) mass is 496 g/mol. The number of aliphatic carboxylic acids is 1. The number of rotatable bonds is 10. The molecule has 0 amide bonds. The number of hydrogen-bond acceptors (Lipinski definition) is 5. The second kappa shape index (κ2) is 11.0. The average Bonchev–Trinajstić information content (AvgIpc) is 2.92. The molecule has 6 nitrogen and oxygen atoms in total. The Hall–Kier alpha value is -4.58. The Bertz CT molecular complexity index is 1320. The summed E-state index contributed by atoms with van der Waals surface area (Å²) in [5.41, 5.74) is 1.12. The van der Waals surface area contributed by atoms with Gasteiger partial charge in [0.2, 0.25) is 0 Å². The lowest BCUT2D eigenvalue weighted by molar-refractivity contribution is -0.152. The van der Waals surface area contributed by atoms with E-state index < -0.39 is 11.6 Å². The first kappa shape index (κ1) is 25.5. The van der Waals surface area contributed by atoms with Gasteiger partial charge < -0.3 is 19.3 Å². The Labute approximate surface area is 216 Å². The molecule has 4 aromatic rings. The third-order valence-corrected chi connectivity index (χ3v) is 5.89. The molecular formula is C31H28O6. The maximum atomic E-state index is 13.4. The highest BCUT2D eigenvalue weighted by atomic mass is 16.5. The molecule has 37 heavy (non-hydrogen) atoms. The highest BCUT2D eigenvalue weighted by Crippen LogP contribution is 2.32. The van der Waals surface area contributed by atoms with E-state index in [9.17, 15) is 14.7 Å². The van der Waals surface area contributed by atoms with Crippen molar-refractivity contribution in [1.82, 2.24) is 0 Å². The van der Waals surface area contributed by atoms with E-state index in [0.717, 1.165) is 11.1 Å². The van der Waals surface area contributed by atoms with E-state index in [2.05, 4.69) is 0 Å². The van der Waals surface area contributed by atoms with Crippen LogP contribution in [0.2, 0.25) is 0 Å². The minimum absolute atomic E-state index is 0.130. The van der Waals surface area contributed by atoms with Crippen LogP contribution in [-0.4, -0.2) is 29.6 Å². The predicted octanol–water partition coefficient (Wildman–Crippen LogP) is 6.34. The minimum atomic E-state index is -1.54. The van der Waals surface area contributed by atoms with Gasteiger partial charge in [-0.1, -0.05) is 60.7 Å². The molecule has 0 saturated heterocycles. The van der Waals surface area contributed by atoms with Gasteiger partial charge in [0, 0.05) is 11.6 Å². The molecule has 0 spiro atoms. The minimum Gasteiger partial charge on any atom is -0.497 e. The van der Waals surface area contributed by atoms with Crippen molar-refractivity contribution in [3.63, 3.8) is 0 Å². The fourth-order valence-corrected chi connectivity index (χ4v) is 3.78. The molecule has 0 aliphatic carbocycles. The summed E-state index contributed by atoms with van der Waals surface area (Å²) >= 11 is 0. The van der Waals surface area contributed by atoms with Crippen LogP contribution in [0.4, 0.5) is 0 Å². The van der Waals surface area contributed by atoms with Crippen molar-refractivity contribution in [2.75, 3.05) is 7.11 Å². The van der Waals surface area contributed by atoms with Gasteiger partial charge in [-0.05, 0) is 61.4 Å². The molecular weight excluding hydrogens is 468 g/mol. The summed E-state index contributed by atoms with van der Waals surface area (Å²) in [6.45, 7) is 2.84. The molecule has 6 heteroatoms. The molecule has 0 saturated carbocycles. The zero-order valence-corrected chi connectivity index (χ0v) is 20.9. The molecule has 0 aliphatic heterocycles. The number of carbonyl (C=O) groups excluding carboxylic acids is 1. The van der Waals surface area contributed by atoms with Gasteiger partial charge in [-0.2, -0.15) is 0 Å². The number of ketones is 1. The number of hydrogen-bond donors (Lipinski definition) is 1. The van der Waals surface area contributed by atoms with E-state index in [1.54, 1.807) is 36.4 Å². The summed E-state index contributed by atoms with van der Waals surface area (Å²) in [7, 11) is 1.49. The molecule has 0 atom stereocenters. The van der Waals surface area contributed by atoms with Crippen LogP contribution in [0.15, 0.2) is 103 Å². The number of benzene rings is 4. The van der Waals surface area contributed by atoms with E-state index in [1.807, 2.05) is 60.7 Å². The number of carboxylic acid groups (broad SMARTS) is 1. The Morgan fingerprint density at radius 3 is 1.81 bits per heavy atom. The number of carboxylic acids is 1. The van der Waals surface area contributed by atoms with E-state index in [0.29, 0.717) is 17.1 Å². The van der Waals surface area contributed by atoms with Crippen molar-refractivity contribution in [2.45, 2.75) is 25.6 Å². The summed E-state index contributed by atoms with van der Waals surface area (Å²) in [4.78, 5) is 25.0. The molecule has 4 rings (SSSR count). The largest absolute Gasteiger partial charge is 0.497 e. The van der Waals surface area contributed by atoms with Crippen LogP contribution in [0.3, 0.4) is 0 Å². The molecule has 0 heterocycles. The zero-order chi connectivity index (χ0) is 26.4. The van der Waals surface area contributed by atoms with Gasteiger partial charge in [0.05, 0.1) is 12.7 Å². The summed E-state index contributed by atoms with van der Waals surface area (Å²) in [6.07, 6.45) is -0.316. The summed E-state index contributed by atoms with van der Waals surface area (Å²) in [6, 6.07) is 31.4. The fourth-order valence-electron chi connectivity index (χ4n) is 3.78. The van der Waals surface area contributed by atoms with Crippen molar-refractivity contribution in [3.8, 4) is 17.2 Å². The molecule has 1 N–H and O–H groups in total. The molecule has 0 unspecified atom stereocenters. The van der Waals surface area contributed by atoms with Gasteiger partial charge in [0.1, 0.15) is 23.4 Å². The normalized spacial score (nSPS) is 11.1. The second-order valence-corrected chi connectivity index (χ2v) is 8.95. The molecule has 0 fully saturated rings. The van der Waals surface area contributed by atoms with Crippen LogP contribution < -0.4 is 14.2 Å². The van der Waals surface area contributed by atoms with Gasteiger partial charge in [-0.25, -0.2) is 4.79 Å². The van der Waals surface area contributed by atoms with Crippen LogP contribution in [0.1, 0.15) is 47.0 Å². The first-order valence-electron chi connectivity index (χ1n) is 11.8. The van der Waals surface area contributed by atoms with Gasteiger partial charge >= 0.3 is 5.97 Å². The first-order valence-corrected chi connectivity index (χ1v) is 11.8. The number of ether oxygens (including phenoxy) is 3. The van der Waals surface area contributed by atoms with E-state index in [1.165, 1.54) is 27.0 Å². The summed E-state index contributed by atoms with van der Waals surface area (Å²) < 4.78 is 17.3. The summed E-state index contributed by atoms with van der Waals surface area (Å²) in [5.74, 6) is -0.281. The zero-order valence-electron chi connectivity index (χ0n) is 20.9. The predicted molar refractivity (Wildman–Crippen MR) is 141 cm³/mol. The van der Waals surface area contributed by atoms with Crippen molar-refractivity contribution in [1.29, 1.82) is 0 Å². The Morgan fingerprint density at radius 2 is 1.30 bits per heavy atom. The Balaban J connectivity index is 1.61. The smallest absolute Gasteiger partial charge is 0.347 e. The van der Waals surface area contributed by atoms with E-state index in [-0.39, 0.29) is 23.2 Å². The fraction of sp³-hybridized carbons (Fsp3) is 0.161. The topological polar surface area (TPSA) is 82.1 Å². The van der Waals surface area contributed by atoms with Gasteiger partial charge in [0.15, 0.2) is 11.4 Å². The van der Waals surface area contributed by atoms with E-state index in [4.69, 9.17) is 14.2 Å². The molecule has 4 aromatic carbocycles. The van der Waals surface area contributed by atoms with Gasteiger partial charge in [-0.15, -0.1) is 0 Å². The second-order valence-electron chi connectivity index (χ2n) is 8.95. The molecule has 0 aliphatic rings. The van der Waals surface area contributed by atoms with Crippen LogP contribution in [0.5, 0.6) is 17.2 Å². The van der Waals surface area contributed by atoms with Gasteiger partial charge in [-0.3, -0.25) is 4.79 Å². The van der Waals surface area contributed by atoms with Crippen LogP contribution >= 0.6 is 0 Å². The maximum absolute atomic E-state index is 13.4. The average molecular weight is 497 g/mol. The lowest BCUT2D eigenvalue weighted by Gasteiger charge is -2.23.